The van der Waals surface area contributed by atoms with Crippen LogP contribution in [0.3, 0.4) is 0 Å². The standard InChI is InChI=1S/C10H20BrNO2/c1-8(2)9(11)10(13)12-6-4-5-7-14-3/h8-9H,4-7H2,1-3H3,(H,12,13). The minimum Gasteiger partial charge on any atom is -0.385 e. The van der Waals surface area contributed by atoms with E-state index in [1.54, 1.807) is 7.11 Å². The molecule has 1 atom stereocenters. The van der Waals surface area contributed by atoms with Crippen molar-refractivity contribution in [1.82, 2.24) is 5.32 Å². The minimum absolute atomic E-state index is 0.0788. The Hall–Kier alpha value is -0.0900. The maximum absolute atomic E-state index is 11.4. The predicted octanol–water partition coefficient (Wildman–Crippen LogP) is 1.95. The Balaban J connectivity index is 3.44. The van der Waals surface area contributed by atoms with Crippen LogP contribution < -0.4 is 5.32 Å². The summed E-state index contributed by atoms with van der Waals surface area (Å²) in [6.07, 6.45) is 1.96. The Morgan fingerprint density at radius 3 is 2.57 bits per heavy atom. The van der Waals surface area contributed by atoms with Gasteiger partial charge in [0.15, 0.2) is 0 Å². The maximum atomic E-state index is 11.4. The molecule has 1 amide bonds. The summed E-state index contributed by atoms with van der Waals surface area (Å²) in [5.74, 6) is 0.409. The molecule has 1 unspecified atom stereocenters. The van der Waals surface area contributed by atoms with E-state index in [0.29, 0.717) is 5.92 Å². The largest absolute Gasteiger partial charge is 0.385 e. The Bertz CT molecular complexity index is 162. The van der Waals surface area contributed by atoms with Crippen LogP contribution >= 0.6 is 15.9 Å². The zero-order chi connectivity index (χ0) is 11.0. The highest BCUT2D eigenvalue weighted by Gasteiger charge is 2.17. The van der Waals surface area contributed by atoms with E-state index < -0.39 is 0 Å². The van der Waals surface area contributed by atoms with E-state index in [-0.39, 0.29) is 10.7 Å². The molecule has 14 heavy (non-hydrogen) atoms. The van der Waals surface area contributed by atoms with Gasteiger partial charge in [0, 0.05) is 20.3 Å². The van der Waals surface area contributed by atoms with Gasteiger partial charge in [0.25, 0.3) is 0 Å². The molecule has 0 radical (unpaired) electrons. The molecule has 1 N–H and O–H groups in total. The van der Waals surface area contributed by atoms with Gasteiger partial charge in [-0.1, -0.05) is 29.8 Å². The van der Waals surface area contributed by atoms with Crippen LogP contribution in [0, 0.1) is 5.92 Å². The summed E-state index contributed by atoms with van der Waals surface area (Å²) in [6, 6.07) is 0. The second-order valence-corrected chi connectivity index (χ2v) is 4.62. The number of rotatable bonds is 7. The molecule has 0 saturated carbocycles. The first-order chi connectivity index (χ1) is 6.59. The summed E-state index contributed by atoms with van der Waals surface area (Å²) in [5.41, 5.74) is 0. The zero-order valence-electron chi connectivity index (χ0n) is 9.18. The van der Waals surface area contributed by atoms with Gasteiger partial charge < -0.3 is 10.1 Å². The fourth-order valence-electron chi connectivity index (χ4n) is 0.983. The highest BCUT2D eigenvalue weighted by Crippen LogP contribution is 2.11. The summed E-state index contributed by atoms with van der Waals surface area (Å²) in [7, 11) is 1.69. The maximum Gasteiger partial charge on any atom is 0.234 e. The molecule has 0 rings (SSSR count). The van der Waals surface area contributed by atoms with Crippen molar-refractivity contribution >= 4 is 21.8 Å². The number of unbranched alkanes of at least 4 members (excludes halogenated alkanes) is 1. The van der Waals surface area contributed by atoms with Crippen molar-refractivity contribution < 1.29 is 9.53 Å². The molecule has 3 nitrogen and oxygen atoms in total. The Morgan fingerprint density at radius 1 is 1.43 bits per heavy atom. The molecule has 0 saturated heterocycles. The molecule has 0 bridgehead atoms. The van der Waals surface area contributed by atoms with Crippen molar-refractivity contribution in [1.29, 1.82) is 0 Å². The van der Waals surface area contributed by atoms with E-state index in [9.17, 15) is 4.79 Å². The average molecular weight is 266 g/mol. The van der Waals surface area contributed by atoms with Crippen molar-refractivity contribution in [2.75, 3.05) is 20.3 Å². The fraction of sp³-hybridized carbons (Fsp3) is 0.900. The molecule has 0 aliphatic rings. The summed E-state index contributed by atoms with van der Waals surface area (Å²) < 4.78 is 4.91. The topological polar surface area (TPSA) is 38.3 Å². The van der Waals surface area contributed by atoms with Gasteiger partial charge in [0.05, 0.1) is 4.83 Å². The Kier molecular flexibility index (Phi) is 8.18. The molecule has 0 aromatic carbocycles. The molecule has 4 heteroatoms. The molecule has 84 valence electrons. The summed E-state index contributed by atoms with van der Waals surface area (Å²) in [4.78, 5) is 11.3. The van der Waals surface area contributed by atoms with Gasteiger partial charge in [0.2, 0.25) is 5.91 Å². The van der Waals surface area contributed by atoms with Crippen LogP contribution in [0.5, 0.6) is 0 Å². The second kappa shape index (κ2) is 8.24. The molecule has 0 aliphatic heterocycles. The van der Waals surface area contributed by atoms with Gasteiger partial charge in [-0.25, -0.2) is 0 Å². The lowest BCUT2D eigenvalue weighted by Gasteiger charge is -2.13. The molecule has 0 aromatic heterocycles. The van der Waals surface area contributed by atoms with Crippen molar-refractivity contribution in [2.45, 2.75) is 31.5 Å². The molecule has 0 fully saturated rings. The molecule has 0 aliphatic carbocycles. The smallest absolute Gasteiger partial charge is 0.234 e. The fourth-order valence-corrected chi connectivity index (χ4v) is 1.15. The number of carbonyl (C=O) groups is 1. The number of halogens is 1. The Morgan fingerprint density at radius 2 is 2.07 bits per heavy atom. The zero-order valence-corrected chi connectivity index (χ0v) is 10.8. The number of amides is 1. The van der Waals surface area contributed by atoms with Crippen LogP contribution in [0.2, 0.25) is 0 Å². The number of hydrogen-bond acceptors (Lipinski definition) is 2. The molecular weight excluding hydrogens is 246 g/mol. The summed E-state index contributed by atoms with van der Waals surface area (Å²) in [6.45, 7) is 5.53. The first-order valence-corrected chi connectivity index (χ1v) is 5.92. The van der Waals surface area contributed by atoms with E-state index >= 15 is 0 Å². The van der Waals surface area contributed by atoms with Crippen LogP contribution in [0.25, 0.3) is 0 Å². The van der Waals surface area contributed by atoms with Crippen LogP contribution in [-0.2, 0) is 9.53 Å². The van der Waals surface area contributed by atoms with Gasteiger partial charge in [-0.05, 0) is 18.8 Å². The predicted molar refractivity (Wildman–Crippen MR) is 61.7 cm³/mol. The number of methoxy groups -OCH3 is 1. The lowest BCUT2D eigenvalue weighted by Crippen LogP contribution is -2.34. The quantitative estimate of drug-likeness (QED) is 0.565. The van der Waals surface area contributed by atoms with Crippen molar-refractivity contribution in [3.63, 3.8) is 0 Å². The van der Waals surface area contributed by atoms with Crippen molar-refractivity contribution in [3.05, 3.63) is 0 Å². The number of hydrogen-bond donors (Lipinski definition) is 1. The molecular formula is C10H20BrNO2. The van der Waals surface area contributed by atoms with E-state index in [4.69, 9.17) is 4.74 Å². The monoisotopic (exact) mass is 265 g/mol. The van der Waals surface area contributed by atoms with E-state index in [1.807, 2.05) is 13.8 Å². The molecule has 0 heterocycles. The third-order valence-electron chi connectivity index (χ3n) is 1.91. The average Bonchev–Trinajstić information content (AvgIpc) is 2.16. The summed E-state index contributed by atoms with van der Waals surface area (Å²) in [5, 5.41) is 2.88. The van der Waals surface area contributed by atoms with Crippen LogP contribution in [0.4, 0.5) is 0 Å². The number of nitrogens with one attached hydrogen (secondary N) is 1. The number of ether oxygens (including phenoxy) is 1. The number of carbonyl (C=O) groups excluding carboxylic acids is 1. The minimum atomic E-state index is -0.0788. The Labute approximate surface area is 94.7 Å². The summed E-state index contributed by atoms with van der Waals surface area (Å²) >= 11 is 3.35. The van der Waals surface area contributed by atoms with E-state index in [0.717, 1.165) is 26.0 Å². The van der Waals surface area contributed by atoms with Crippen LogP contribution in [0.1, 0.15) is 26.7 Å². The second-order valence-electron chi connectivity index (χ2n) is 3.64. The first kappa shape index (κ1) is 13.9. The first-order valence-electron chi connectivity index (χ1n) is 5.00. The highest BCUT2D eigenvalue weighted by atomic mass is 79.9. The van der Waals surface area contributed by atoms with Gasteiger partial charge in [-0.15, -0.1) is 0 Å². The molecule has 0 aromatic rings. The van der Waals surface area contributed by atoms with Crippen molar-refractivity contribution in [2.24, 2.45) is 5.92 Å². The third-order valence-corrected chi connectivity index (χ3v) is 3.38. The van der Waals surface area contributed by atoms with E-state index in [2.05, 4.69) is 21.2 Å². The van der Waals surface area contributed by atoms with Gasteiger partial charge in [-0.3, -0.25) is 4.79 Å². The molecule has 0 spiro atoms. The highest BCUT2D eigenvalue weighted by molar-refractivity contribution is 9.10. The van der Waals surface area contributed by atoms with Gasteiger partial charge in [-0.2, -0.15) is 0 Å². The van der Waals surface area contributed by atoms with Crippen LogP contribution in [-0.4, -0.2) is 31.0 Å². The van der Waals surface area contributed by atoms with Gasteiger partial charge >= 0.3 is 0 Å². The lowest BCUT2D eigenvalue weighted by molar-refractivity contribution is -0.121. The third kappa shape index (κ3) is 6.38. The van der Waals surface area contributed by atoms with Crippen molar-refractivity contribution in [3.8, 4) is 0 Å². The normalized spacial score (nSPS) is 12.9. The SMILES string of the molecule is COCCCCNC(=O)C(Br)C(C)C. The van der Waals surface area contributed by atoms with Gasteiger partial charge in [0.1, 0.15) is 0 Å². The lowest BCUT2D eigenvalue weighted by atomic mass is 10.1. The van der Waals surface area contributed by atoms with Crippen LogP contribution in [0.15, 0.2) is 0 Å². The van der Waals surface area contributed by atoms with E-state index in [1.165, 1.54) is 0 Å². The number of alkyl halides is 1.